The summed E-state index contributed by atoms with van der Waals surface area (Å²) in [5, 5.41) is 3.92. The van der Waals surface area contributed by atoms with Crippen LogP contribution in [-0.4, -0.2) is 37.1 Å². The van der Waals surface area contributed by atoms with Crippen molar-refractivity contribution in [2.45, 2.75) is 24.8 Å². The average molecular weight is 342 g/mol. The third kappa shape index (κ3) is 3.96. The second-order valence-electron chi connectivity index (χ2n) is 5.10. The Hall–Kier alpha value is -1.07. The number of alkyl halides is 1. The van der Waals surface area contributed by atoms with Gasteiger partial charge < -0.3 is 14.8 Å². The van der Waals surface area contributed by atoms with Crippen LogP contribution >= 0.6 is 15.9 Å². The highest BCUT2D eigenvalue weighted by Gasteiger charge is 2.32. The van der Waals surface area contributed by atoms with Crippen molar-refractivity contribution in [1.29, 1.82) is 0 Å². The van der Waals surface area contributed by atoms with E-state index in [4.69, 9.17) is 9.47 Å². The number of halogens is 1. The largest absolute Gasteiger partial charge is 0.497 e. The van der Waals surface area contributed by atoms with E-state index in [9.17, 15) is 4.79 Å². The number of ether oxygens (including phenoxy) is 2. The molecule has 4 nitrogen and oxygen atoms in total. The molecule has 110 valence electrons. The summed E-state index contributed by atoms with van der Waals surface area (Å²) in [5.41, 5.74) is 0.821. The van der Waals surface area contributed by atoms with E-state index < -0.39 is 0 Å². The van der Waals surface area contributed by atoms with Crippen LogP contribution in [0.5, 0.6) is 5.75 Å². The molecule has 2 rings (SSSR count). The van der Waals surface area contributed by atoms with Crippen LogP contribution in [0.15, 0.2) is 24.3 Å². The lowest BCUT2D eigenvalue weighted by Gasteiger charge is -2.36. The molecule has 1 N–H and O–H groups in total. The van der Waals surface area contributed by atoms with Crippen molar-refractivity contribution in [3.05, 3.63) is 29.8 Å². The molecule has 5 heteroatoms. The van der Waals surface area contributed by atoms with Crippen LogP contribution in [0.2, 0.25) is 0 Å². The minimum absolute atomic E-state index is 0.0523. The maximum absolute atomic E-state index is 12.2. The Balaban J connectivity index is 1.93. The van der Waals surface area contributed by atoms with Crippen molar-refractivity contribution >= 4 is 21.8 Å². The third-order valence-electron chi connectivity index (χ3n) is 3.63. The van der Waals surface area contributed by atoms with Crippen LogP contribution in [0.3, 0.4) is 0 Å². The molecule has 0 saturated carbocycles. The Labute approximate surface area is 128 Å². The van der Waals surface area contributed by atoms with Crippen LogP contribution in [0.1, 0.15) is 18.4 Å². The third-order valence-corrected chi connectivity index (χ3v) is 4.71. The van der Waals surface area contributed by atoms with Crippen molar-refractivity contribution in [3.8, 4) is 5.75 Å². The van der Waals surface area contributed by atoms with Crippen molar-refractivity contribution in [2.75, 3.05) is 25.7 Å². The number of nitrogens with one attached hydrogen (secondary N) is 1. The molecule has 1 aromatic rings. The highest BCUT2D eigenvalue weighted by atomic mass is 79.9. The van der Waals surface area contributed by atoms with Gasteiger partial charge in [0.15, 0.2) is 0 Å². The summed E-state index contributed by atoms with van der Waals surface area (Å²) in [7, 11) is 1.63. The normalized spacial score (nSPS) is 17.5. The first-order chi connectivity index (χ1) is 9.67. The maximum atomic E-state index is 12.2. The summed E-state index contributed by atoms with van der Waals surface area (Å²) in [6.45, 7) is 1.41. The number of carbonyl (C=O) groups excluding carboxylic acids is 1. The predicted molar refractivity (Wildman–Crippen MR) is 81.4 cm³/mol. The van der Waals surface area contributed by atoms with Gasteiger partial charge in [0, 0.05) is 18.5 Å². The van der Waals surface area contributed by atoms with Crippen molar-refractivity contribution in [1.82, 2.24) is 5.32 Å². The van der Waals surface area contributed by atoms with Crippen LogP contribution < -0.4 is 10.1 Å². The van der Waals surface area contributed by atoms with Gasteiger partial charge in [0.2, 0.25) is 5.91 Å². The zero-order valence-corrected chi connectivity index (χ0v) is 13.2. The number of methoxy groups -OCH3 is 1. The van der Waals surface area contributed by atoms with Gasteiger partial charge in [-0.25, -0.2) is 0 Å². The molecule has 0 aliphatic carbocycles. The minimum atomic E-state index is -0.165. The van der Waals surface area contributed by atoms with Gasteiger partial charge in [-0.2, -0.15) is 0 Å². The summed E-state index contributed by atoms with van der Waals surface area (Å²) in [5.74, 6) is 0.854. The molecular formula is C15H20BrNO3. The Morgan fingerprint density at radius 2 is 2.00 bits per heavy atom. The molecule has 1 heterocycles. The second kappa shape index (κ2) is 7.09. The van der Waals surface area contributed by atoms with E-state index in [1.807, 2.05) is 24.3 Å². The fourth-order valence-electron chi connectivity index (χ4n) is 2.32. The lowest BCUT2D eigenvalue weighted by Crippen LogP contribution is -2.53. The molecule has 1 saturated heterocycles. The van der Waals surface area contributed by atoms with Crippen molar-refractivity contribution < 1.29 is 14.3 Å². The molecule has 0 spiro atoms. The average Bonchev–Trinajstić information content (AvgIpc) is 2.49. The van der Waals surface area contributed by atoms with Gasteiger partial charge in [0.05, 0.1) is 19.1 Å². The topological polar surface area (TPSA) is 47.6 Å². The number of hydrogen-bond donors (Lipinski definition) is 1. The molecular weight excluding hydrogens is 322 g/mol. The van der Waals surface area contributed by atoms with Gasteiger partial charge in [0.25, 0.3) is 0 Å². The van der Waals surface area contributed by atoms with Gasteiger partial charge in [-0.15, -0.1) is 0 Å². The predicted octanol–water partition coefficient (Wildman–Crippen LogP) is 2.30. The summed E-state index contributed by atoms with van der Waals surface area (Å²) < 4.78 is 10.5. The first kappa shape index (κ1) is 15.3. The fraction of sp³-hybridized carbons (Fsp3) is 0.533. The quantitative estimate of drug-likeness (QED) is 0.836. The van der Waals surface area contributed by atoms with Crippen molar-refractivity contribution in [3.63, 3.8) is 0 Å². The Kier molecular flexibility index (Phi) is 5.43. The zero-order valence-electron chi connectivity index (χ0n) is 11.7. The molecule has 1 aromatic carbocycles. The SMILES string of the molecule is COc1ccc(CC(=O)NC2(CBr)CCOCC2)cc1. The molecule has 0 aromatic heterocycles. The molecule has 1 amide bonds. The standard InChI is InChI=1S/C15H20BrNO3/c1-19-13-4-2-12(3-5-13)10-14(18)17-15(11-16)6-8-20-9-7-15/h2-5H,6-11H2,1H3,(H,17,18). The highest BCUT2D eigenvalue weighted by Crippen LogP contribution is 2.23. The molecule has 1 fully saturated rings. The lowest BCUT2D eigenvalue weighted by atomic mass is 9.92. The van der Waals surface area contributed by atoms with Crippen LogP contribution in [0.25, 0.3) is 0 Å². The lowest BCUT2D eigenvalue weighted by molar-refractivity contribution is -0.123. The van der Waals surface area contributed by atoms with Crippen molar-refractivity contribution in [2.24, 2.45) is 0 Å². The molecule has 20 heavy (non-hydrogen) atoms. The molecule has 0 unspecified atom stereocenters. The van der Waals surface area contributed by atoms with E-state index in [2.05, 4.69) is 21.2 Å². The highest BCUT2D eigenvalue weighted by molar-refractivity contribution is 9.09. The summed E-state index contributed by atoms with van der Waals surface area (Å²) in [6.07, 6.45) is 2.10. The summed E-state index contributed by atoms with van der Waals surface area (Å²) in [4.78, 5) is 12.2. The number of hydrogen-bond acceptors (Lipinski definition) is 3. The van der Waals surface area contributed by atoms with Crippen LogP contribution in [0, 0.1) is 0 Å². The molecule has 0 radical (unpaired) electrons. The van der Waals surface area contributed by atoms with Gasteiger partial charge in [-0.1, -0.05) is 28.1 Å². The molecule has 1 aliphatic rings. The first-order valence-corrected chi connectivity index (χ1v) is 7.87. The van der Waals surface area contributed by atoms with Gasteiger partial charge in [-0.3, -0.25) is 4.79 Å². The Bertz CT molecular complexity index is 441. The maximum Gasteiger partial charge on any atom is 0.224 e. The Morgan fingerprint density at radius 1 is 1.35 bits per heavy atom. The molecule has 1 aliphatic heterocycles. The van der Waals surface area contributed by atoms with E-state index in [-0.39, 0.29) is 11.4 Å². The van der Waals surface area contributed by atoms with E-state index in [0.29, 0.717) is 19.6 Å². The number of benzene rings is 1. The smallest absolute Gasteiger partial charge is 0.224 e. The minimum Gasteiger partial charge on any atom is -0.497 e. The van der Waals surface area contributed by atoms with Gasteiger partial charge in [-0.05, 0) is 30.5 Å². The van der Waals surface area contributed by atoms with Gasteiger partial charge >= 0.3 is 0 Å². The number of rotatable bonds is 5. The Morgan fingerprint density at radius 3 is 2.55 bits per heavy atom. The second-order valence-corrected chi connectivity index (χ2v) is 5.66. The summed E-state index contributed by atoms with van der Waals surface area (Å²) >= 11 is 3.51. The zero-order chi connectivity index (χ0) is 14.4. The first-order valence-electron chi connectivity index (χ1n) is 6.75. The number of amides is 1. The van der Waals surface area contributed by atoms with E-state index >= 15 is 0 Å². The molecule has 0 bridgehead atoms. The van der Waals surface area contributed by atoms with Gasteiger partial charge in [0.1, 0.15) is 5.75 Å². The summed E-state index contributed by atoms with van der Waals surface area (Å²) in [6, 6.07) is 7.58. The van der Waals surface area contributed by atoms with Crippen LogP contribution in [-0.2, 0) is 16.0 Å². The fourth-order valence-corrected chi connectivity index (χ4v) is 3.02. The molecule has 0 atom stereocenters. The monoisotopic (exact) mass is 341 g/mol. The number of carbonyl (C=O) groups is 1. The van der Waals surface area contributed by atoms with E-state index in [1.54, 1.807) is 7.11 Å². The van der Waals surface area contributed by atoms with E-state index in [0.717, 1.165) is 29.5 Å². The van der Waals surface area contributed by atoms with E-state index in [1.165, 1.54) is 0 Å². The van der Waals surface area contributed by atoms with Crippen LogP contribution in [0.4, 0.5) is 0 Å².